The first-order valence-electron chi connectivity index (χ1n) is 16.7. The number of alkyl carbamates (subject to hydrolysis) is 1. The van der Waals surface area contributed by atoms with Gasteiger partial charge in [-0.1, -0.05) is 69.3 Å². The number of amides is 1. The Bertz CT molecular complexity index is 1610. The largest absolute Gasteiger partial charge is 0.541 e. The molecule has 0 bridgehead atoms. The lowest BCUT2D eigenvalue weighted by Crippen LogP contribution is -2.55. The van der Waals surface area contributed by atoms with Crippen molar-refractivity contribution in [1.29, 1.82) is 5.26 Å². The van der Waals surface area contributed by atoms with Crippen molar-refractivity contribution in [2.75, 3.05) is 47.1 Å². The number of morpholine rings is 1. The SMILES string of the molecule is COc1c(C[C@H](NC(=O)OCC2c3ccccc3-c3ccccc32)C(C#N)N2CCOCC2)cc(O[Si](C)(C)C(C)(C)C)c(OC)c1C. The number of hydrogen-bond donors (Lipinski definition) is 1. The van der Waals surface area contributed by atoms with Gasteiger partial charge in [-0.15, -0.1) is 0 Å². The number of ether oxygens (including phenoxy) is 4. The van der Waals surface area contributed by atoms with E-state index in [1.54, 1.807) is 14.2 Å². The van der Waals surface area contributed by atoms with Crippen LogP contribution < -0.4 is 19.2 Å². The third kappa shape index (κ3) is 7.19. The number of carbonyl (C=O) groups excluding carboxylic acids is 1. The second-order valence-electron chi connectivity index (χ2n) is 14.1. The molecule has 1 aliphatic carbocycles. The van der Waals surface area contributed by atoms with Gasteiger partial charge in [-0.3, -0.25) is 4.90 Å². The summed E-state index contributed by atoms with van der Waals surface area (Å²) in [5, 5.41) is 13.6. The molecule has 0 radical (unpaired) electrons. The van der Waals surface area contributed by atoms with E-state index in [1.807, 2.05) is 37.3 Å². The number of nitrogens with one attached hydrogen (secondary N) is 1. The van der Waals surface area contributed by atoms with Gasteiger partial charge in [-0.05, 0) is 59.8 Å². The molecule has 1 fully saturated rings. The average Bonchev–Trinajstić information content (AvgIpc) is 3.37. The number of hydrogen-bond acceptors (Lipinski definition) is 8. The smallest absolute Gasteiger partial charge is 0.407 e. The Kier molecular flexibility index (Phi) is 10.7. The summed E-state index contributed by atoms with van der Waals surface area (Å²) >= 11 is 0. The molecule has 1 unspecified atom stereocenters. The van der Waals surface area contributed by atoms with E-state index in [0.717, 1.165) is 33.4 Å². The third-order valence-electron chi connectivity index (χ3n) is 10.1. The second-order valence-corrected chi connectivity index (χ2v) is 18.8. The van der Waals surface area contributed by atoms with Gasteiger partial charge >= 0.3 is 6.09 Å². The fourth-order valence-corrected chi connectivity index (χ4v) is 7.57. The van der Waals surface area contributed by atoms with Crippen LogP contribution in [0, 0.1) is 18.3 Å². The van der Waals surface area contributed by atoms with Crippen molar-refractivity contribution in [3.05, 3.63) is 76.9 Å². The maximum atomic E-state index is 13.7. The minimum Gasteiger partial charge on any atom is -0.541 e. The fraction of sp³-hybridized carbons (Fsp3) is 0.474. The van der Waals surface area contributed by atoms with Crippen LogP contribution in [-0.2, 0) is 15.9 Å². The van der Waals surface area contributed by atoms with Gasteiger partial charge in [0.2, 0.25) is 0 Å². The number of benzene rings is 3. The van der Waals surface area contributed by atoms with E-state index >= 15 is 0 Å². The topological polar surface area (TPSA) is 102 Å². The molecule has 256 valence electrons. The van der Waals surface area contributed by atoms with Gasteiger partial charge in [-0.2, -0.15) is 5.26 Å². The van der Waals surface area contributed by atoms with Crippen LogP contribution >= 0.6 is 0 Å². The van der Waals surface area contributed by atoms with E-state index < -0.39 is 26.5 Å². The number of carbonyl (C=O) groups is 1. The van der Waals surface area contributed by atoms with Gasteiger partial charge in [0.25, 0.3) is 8.32 Å². The molecule has 5 rings (SSSR count). The van der Waals surface area contributed by atoms with Gasteiger partial charge in [0.05, 0.1) is 39.5 Å². The molecule has 10 heteroatoms. The van der Waals surface area contributed by atoms with Crippen LogP contribution in [0.1, 0.15) is 48.9 Å². The highest BCUT2D eigenvalue weighted by atomic mass is 28.4. The molecule has 2 aliphatic rings. The van der Waals surface area contributed by atoms with Crippen molar-refractivity contribution in [2.24, 2.45) is 0 Å². The summed E-state index contributed by atoms with van der Waals surface area (Å²) in [6.07, 6.45) is -0.265. The van der Waals surface area contributed by atoms with Gasteiger partial charge in [-0.25, -0.2) is 4.79 Å². The van der Waals surface area contributed by atoms with Gasteiger partial charge in [0.1, 0.15) is 24.1 Å². The zero-order chi connectivity index (χ0) is 34.6. The summed E-state index contributed by atoms with van der Waals surface area (Å²) in [4.78, 5) is 15.7. The predicted octanol–water partition coefficient (Wildman–Crippen LogP) is 7.07. The number of nitrogens with zero attached hydrogens (tertiary/aromatic N) is 2. The summed E-state index contributed by atoms with van der Waals surface area (Å²) in [5.74, 6) is 1.81. The Labute approximate surface area is 286 Å². The predicted molar refractivity (Wildman–Crippen MR) is 190 cm³/mol. The van der Waals surface area contributed by atoms with Gasteiger partial charge in [0, 0.05) is 30.1 Å². The van der Waals surface area contributed by atoms with E-state index in [1.165, 1.54) is 0 Å². The average molecular weight is 672 g/mol. The molecule has 1 amide bonds. The molecule has 0 saturated carbocycles. The molecular formula is C38H49N3O6Si. The fourth-order valence-electron chi connectivity index (χ4n) is 6.56. The molecule has 1 aliphatic heterocycles. The van der Waals surface area contributed by atoms with Gasteiger partial charge < -0.3 is 28.7 Å². The Morgan fingerprint density at radius 1 is 1.02 bits per heavy atom. The van der Waals surface area contributed by atoms with Crippen LogP contribution in [0.25, 0.3) is 11.1 Å². The molecule has 0 spiro atoms. The Hall–Kier alpha value is -4.04. The van der Waals surface area contributed by atoms with Crippen molar-refractivity contribution in [2.45, 2.75) is 70.2 Å². The maximum Gasteiger partial charge on any atom is 0.407 e. The molecule has 3 aromatic carbocycles. The lowest BCUT2D eigenvalue weighted by Gasteiger charge is -2.37. The van der Waals surface area contributed by atoms with E-state index in [-0.39, 0.29) is 17.6 Å². The standard InChI is InChI=1S/C38H49N3O6Si/c1-25-35(43-5)26(22-34(36(25)44-6)47-48(7,8)38(2,3)4)21-32(33(23-39)41-17-19-45-20-18-41)40-37(42)46-24-31-29-15-11-9-13-27(29)28-14-10-12-16-30(28)31/h9-16,22,31-33H,17-21,24H2,1-8H3,(H,40,42)/t32-,33?/m0/s1. The van der Waals surface area contributed by atoms with E-state index in [2.05, 4.69) is 74.4 Å². The normalized spacial score (nSPS) is 16.2. The van der Waals surface area contributed by atoms with Crippen molar-refractivity contribution in [3.63, 3.8) is 0 Å². The van der Waals surface area contributed by atoms with E-state index in [4.69, 9.17) is 23.4 Å². The van der Waals surface area contributed by atoms with Crippen LogP contribution in [0.5, 0.6) is 17.2 Å². The highest BCUT2D eigenvalue weighted by Crippen LogP contribution is 2.46. The van der Waals surface area contributed by atoms with E-state index in [9.17, 15) is 10.1 Å². The van der Waals surface area contributed by atoms with Crippen LogP contribution in [-0.4, -0.2) is 78.5 Å². The molecule has 2 atom stereocenters. The first-order valence-corrected chi connectivity index (χ1v) is 19.6. The number of methoxy groups -OCH3 is 2. The Morgan fingerprint density at radius 2 is 1.60 bits per heavy atom. The Morgan fingerprint density at radius 3 is 2.15 bits per heavy atom. The lowest BCUT2D eigenvalue weighted by atomic mass is 9.95. The zero-order valence-electron chi connectivity index (χ0n) is 29.5. The molecular weight excluding hydrogens is 623 g/mol. The minimum absolute atomic E-state index is 0.0392. The highest BCUT2D eigenvalue weighted by Gasteiger charge is 2.40. The van der Waals surface area contributed by atoms with Crippen molar-refractivity contribution in [3.8, 4) is 34.4 Å². The summed E-state index contributed by atoms with van der Waals surface area (Å²) in [6.45, 7) is 15.3. The molecule has 48 heavy (non-hydrogen) atoms. The zero-order valence-corrected chi connectivity index (χ0v) is 30.5. The van der Waals surface area contributed by atoms with Gasteiger partial charge in [0.15, 0.2) is 5.75 Å². The molecule has 0 aromatic heterocycles. The maximum absolute atomic E-state index is 13.7. The second kappa shape index (κ2) is 14.6. The van der Waals surface area contributed by atoms with Crippen molar-refractivity contribution in [1.82, 2.24) is 10.2 Å². The highest BCUT2D eigenvalue weighted by molar-refractivity contribution is 6.74. The summed E-state index contributed by atoms with van der Waals surface area (Å²) in [6, 6.07) is 19.7. The molecule has 1 saturated heterocycles. The number of fused-ring (bicyclic) bond motifs is 3. The van der Waals surface area contributed by atoms with Crippen molar-refractivity contribution < 1.29 is 28.2 Å². The Balaban J connectivity index is 1.44. The monoisotopic (exact) mass is 671 g/mol. The summed E-state index contributed by atoms with van der Waals surface area (Å²) < 4.78 is 30.1. The van der Waals surface area contributed by atoms with Crippen LogP contribution in [0.15, 0.2) is 54.6 Å². The first kappa shape index (κ1) is 35.3. The number of nitriles is 1. The van der Waals surface area contributed by atoms with E-state index in [0.29, 0.717) is 50.0 Å². The first-order chi connectivity index (χ1) is 22.9. The quantitative estimate of drug-likeness (QED) is 0.216. The third-order valence-corrected chi connectivity index (χ3v) is 14.5. The van der Waals surface area contributed by atoms with Crippen LogP contribution in [0.4, 0.5) is 4.79 Å². The van der Waals surface area contributed by atoms with Crippen LogP contribution in [0.2, 0.25) is 18.1 Å². The summed E-state index contributed by atoms with van der Waals surface area (Å²) in [7, 11) is 1.01. The molecule has 1 heterocycles. The molecule has 1 N–H and O–H groups in total. The molecule has 9 nitrogen and oxygen atoms in total. The summed E-state index contributed by atoms with van der Waals surface area (Å²) in [5.41, 5.74) is 6.20. The minimum atomic E-state index is -2.25. The van der Waals surface area contributed by atoms with Crippen LogP contribution in [0.3, 0.4) is 0 Å². The number of rotatable bonds is 11. The lowest BCUT2D eigenvalue weighted by molar-refractivity contribution is 0.0197. The molecule has 3 aromatic rings. The van der Waals surface area contributed by atoms with Crippen molar-refractivity contribution >= 4 is 14.4 Å².